The number of aliphatic hydroxyl groups excluding tert-OH is 2. The lowest BCUT2D eigenvalue weighted by molar-refractivity contribution is -0.942. The molecule has 48 heavy (non-hydrogen) atoms. The molecule has 2 N–H and O–H groups in total. The van der Waals surface area contributed by atoms with Crippen molar-refractivity contribution < 1.29 is 48.7 Å². The highest BCUT2D eigenvalue weighted by atomic mass is 16.5. The summed E-state index contributed by atoms with van der Waals surface area (Å²) in [6.07, 6.45) is 5.16. The van der Waals surface area contributed by atoms with Gasteiger partial charge < -0.3 is 29.9 Å². The number of hydrogen-bond donors (Lipinski definition) is 2. The first-order chi connectivity index (χ1) is 23.2. The largest absolute Gasteiger partial charge is 0.852 e. The molecule has 262 valence electrons. The van der Waals surface area contributed by atoms with Gasteiger partial charge in [0.1, 0.15) is 51.5 Å². The first-order valence-electron chi connectivity index (χ1n) is 17.2. The Kier molecular flexibility index (Phi) is 14.7. The van der Waals surface area contributed by atoms with Gasteiger partial charge in [0.15, 0.2) is 0 Å². The predicted octanol–water partition coefficient (Wildman–Crippen LogP) is 1.64. The minimum atomic E-state index is -0.844. The van der Waals surface area contributed by atoms with Crippen LogP contribution in [0, 0.1) is 0 Å². The third kappa shape index (κ3) is 11.6. The Bertz CT molecular complexity index is 1240. The molecule has 2 aromatic rings. The lowest BCUT2D eigenvalue weighted by atomic mass is 10.1. The van der Waals surface area contributed by atoms with Crippen molar-refractivity contribution in [3.63, 3.8) is 0 Å². The average molecular weight is 667 g/mol. The summed E-state index contributed by atoms with van der Waals surface area (Å²) in [5.41, 5.74) is 0.602. The molecule has 12 nitrogen and oxygen atoms in total. The highest BCUT2D eigenvalue weighted by Crippen LogP contribution is 2.22. The molecule has 2 aromatic carbocycles. The minimum Gasteiger partial charge on any atom is -0.852 e. The van der Waals surface area contributed by atoms with Crippen LogP contribution in [0.2, 0.25) is 0 Å². The lowest BCUT2D eigenvalue weighted by Crippen LogP contribution is -2.54. The number of carbonyl (C=O) groups excluding carboxylic acids is 2. The predicted molar refractivity (Wildman–Crippen MR) is 177 cm³/mol. The van der Waals surface area contributed by atoms with E-state index in [2.05, 4.69) is 10.2 Å². The van der Waals surface area contributed by atoms with Crippen LogP contribution >= 0.6 is 0 Å². The molecular formula is C36H50N4O8. The summed E-state index contributed by atoms with van der Waals surface area (Å²) in [5, 5.41) is 55.6. The Labute approximate surface area is 283 Å². The molecule has 2 atom stereocenters. The van der Waals surface area contributed by atoms with Crippen molar-refractivity contribution in [3.8, 4) is 0 Å². The molecule has 0 radical (unpaired) electrons. The molecule has 4 rings (SSSR count). The molecule has 0 aromatic heterocycles. The Morgan fingerprint density at radius 3 is 1.33 bits per heavy atom. The van der Waals surface area contributed by atoms with Crippen LogP contribution in [0.4, 0.5) is 0 Å². The quantitative estimate of drug-likeness (QED) is 0.0752. The van der Waals surface area contributed by atoms with Gasteiger partial charge in [-0.25, -0.2) is 0 Å². The number of Topliss-reactive ketones (excluding diaryl/α,β-unsaturated/α-hetero) is 2. The molecule has 0 saturated carbocycles. The van der Waals surface area contributed by atoms with Crippen LogP contribution in [0.15, 0.2) is 70.9 Å². The summed E-state index contributed by atoms with van der Waals surface area (Å²) >= 11 is 0. The molecule has 2 aliphatic rings. The summed E-state index contributed by atoms with van der Waals surface area (Å²) in [5.74, 6) is -2.88. The number of rotatable bonds is 19. The van der Waals surface area contributed by atoms with Crippen molar-refractivity contribution in [2.75, 3.05) is 65.7 Å². The summed E-state index contributed by atoms with van der Waals surface area (Å²) in [4.78, 5) is 25.2. The van der Waals surface area contributed by atoms with Gasteiger partial charge in [0.2, 0.25) is 11.6 Å². The number of nitrogens with zero attached hydrogens (tertiary/aromatic N) is 4. The van der Waals surface area contributed by atoms with Gasteiger partial charge in [-0.05, 0) is 51.4 Å². The number of piperidine rings is 2. The third-order valence-electron chi connectivity index (χ3n) is 8.91. The van der Waals surface area contributed by atoms with Crippen LogP contribution in [0.3, 0.4) is 0 Å². The minimum absolute atomic E-state index is 0.0306. The van der Waals surface area contributed by atoms with Crippen LogP contribution in [0.1, 0.15) is 72.1 Å². The van der Waals surface area contributed by atoms with E-state index >= 15 is 0 Å². The highest BCUT2D eigenvalue weighted by Gasteiger charge is 2.35. The number of unbranched alkanes of at least 4 members (excludes halogenated alkanes) is 1. The third-order valence-corrected chi connectivity index (χ3v) is 8.91. The second-order valence-corrected chi connectivity index (χ2v) is 12.9. The van der Waals surface area contributed by atoms with Crippen molar-refractivity contribution in [2.45, 2.75) is 63.6 Å². The van der Waals surface area contributed by atoms with Gasteiger partial charge in [0, 0.05) is 24.3 Å². The molecule has 0 aliphatic carbocycles. The fourth-order valence-electron chi connectivity index (χ4n) is 6.49. The van der Waals surface area contributed by atoms with E-state index in [-0.39, 0.29) is 35.5 Å². The van der Waals surface area contributed by atoms with E-state index in [0.29, 0.717) is 63.4 Å². The van der Waals surface area contributed by atoms with Crippen molar-refractivity contribution in [2.24, 2.45) is 10.2 Å². The Hall–Kier alpha value is -3.52. The molecule has 2 fully saturated rings. The van der Waals surface area contributed by atoms with Gasteiger partial charge in [0.25, 0.3) is 0 Å². The van der Waals surface area contributed by atoms with Gasteiger partial charge in [0.05, 0.1) is 25.0 Å². The van der Waals surface area contributed by atoms with E-state index in [1.54, 1.807) is 60.7 Å². The number of benzene rings is 2. The van der Waals surface area contributed by atoms with Gasteiger partial charge in [-0.1, -0.05) is 70.9 Å². The molecule has 2 aliphatic heterocycles. The van der Waals surface area contributed by atoms with Crippen LogP contribution in [0.25, 0.3) is 0 Å². The molecule has 0 spiro atoms. The van der Waals surface area contributed by atoms with Crippen LogP contribution in [0.5, 0.6) is 0 Å². The van der Waals surface area contributed by atoms with E-state index in [1.165, 1.54) is 0 Å². The normalized spacial score (nSPS) is 19.4. The molecule has 0 amide bonds. The molecule has 0 bridgehead atoms. The maximum absolute atomic E-state index is 12.8. The number of hydrogen-bond acceptors (Lipinski definition) is 10. The number of ether oxygens (including phenoxy) is 2. The second kappa shape index (κ2) is 18.9. The van der Waals surface area contributed by atoms with Gasteiger partial charge in [-0.2, -0.15) is 9.18 Å². The molecule has 2 unspecified atom stereocenters. The summed E-state index contributed by atoms with van der Waals surface area (Å²) < 4.78 is 11.5. The second-order valence-electron chi connectivity index (χ2n) is 12.9. The molecule has 12 heteroatoms. The molecule has 2 heterocycles. The summed E-state index contributed by atoms with van der Waals surface area (Å²) in [6.45, 7) is 3.74. The Morgan fingerprint density at radius 2 is 0.979 bits per heavy atom. The van der Waals surface area contributed by atoms with Crippen molar-refractivity contribution in [3.05, 3.63) is 71.8 Å². The standard InChI is InChI=1S/C36H50N4O8/c41-31(25-39(19-9-3-10-20-39)37-35(45)33(43)29-15-5-1-6-16-29)27-47-23-13-14-24-48-28-32(42)26-40(21-11-4-12-22-40)38-36(46)34(44)30-17-7-2-8-18-30/h1-2,5-8,15-18,31-32,41-42H,3-4,9-14,19-28H2. The fraction of sp³-hybridized carbons (Fsp3) is 0.556. The first-order valence-corrected chi connectivity index (χ1v) is 17.2. The van der Waals surface area contributed by atoms with Gasteiger partial charge >= 0.3 is 0 Å². The maximum Gasteiger partial charge on any atom is 0.201 e. The number of quaternary nitrogens is 2. The van der Waals surface area contributed by atoms with E-state index in [9.17, 15) is 30.0 Å². The summed E-state index contributed by atoms with van der Waals surface area (Å²) in [7, 11) is 0. The van der Waals surface area contributed by atoms with Crippen LogP contribution in [-0.4, -0.2) is 121 Å². The Morgan fingerprint density at radius 1 is 0.625 bits per heavy atom. The van der Waals surface area contributed by atoms with Crippen LogP contribution in [-0.2, 0) is 9.47 Å². The highest BCUT2D eigenvalue weighted by molar-refractivity contribution is 6.41. The van der Waals surface area contributed by atoms with E-state index in [0.717, 1.165) is 38.5 Å². The number of aliphatic hydroxyl groups is 2. The SMILES string of the molecule is O=C(/C([O-])=N/[N+]1(CC(O)COCCCCOCC(O)C[N+]2(/N=C(\[O-])C(=O)c3ccccc3)CCCCC2)CCCCC1)c1ccccc1. The number of ketones is 2. The number of likely N-dealkylation sites (tertiary alicyclic amines) is 2. The Balaban J connectivity index is 1.15. The van der Waals surface area contributed by atoms with Gasteiger partial charge in [-0.3, -0.25) is 9.59 Å². The zero-order valence-corrected chi connectivity index (χ0v) is 27.8. The zero-order chi connectivity index (χ0) is 34.2. The van der Waals surface area contributed by atoms with E-state index in [4.69, 9.17) is 9.47 Å². The number of carbonyl (C=O) groups is 2. The monoisotopic (exact) mass is 666 g/mol. The zero-order valence-electron chi connectivity index (χ0n) is 27.8. The van der Waals surface area contributed by atoms with Crippen molar-refractivity contribution in [1.82, 2.24) is 0 Å². The van der Waals surface area contributed by atoms with E-state index < -0.39 is 35.6 Å². The smallest absolute Gasteiger partial charge is 0.201 e. The lowest BCUT2D eigenvalue weighted by Gasteiger charge is -2.38. The van der Waals surface area contributed by atoms with Crippen LogP contribution < -0.4 is 10.2 Å². The molecular weight excluding hydrogens is 616 g/mol. The van der Waals surface area contributed by atoms with Crippen molar-refractivity contribution >= 4 is 23.4 Å². The average Bonchev–Trinajstić information content (AvgIpc) is 3.10. The summed E-state index contributed by atoms with van der Waals surface area (Å²) in [6, 6.07) is 16.7. The topological polar surface area (TPSA) is 164 Å². The molecule has 2 saturated heterocycles. The van der Waals surface area contributed by atoms with Gasteiger partial charge in [-0.15, -0.1) is 0 Å². The fourth-order valence-corrected chi connectivity index (χ4v) is 6.49. The maximum atomic E-state index is 12.8. The van der Waals surface area contributed by atoms with E-state index in [1.807, 2.05) is 0 Å². The van der Waals surface area contributed by atoms with Crippen molar-refractivity contribution in [1.29, 1.82) is 0 Å². The first kappa shape index (κ1) is 37.3.